The van der Waals surface area contributed by atoms with Crippen LogP contribution in [0.5, 0.6) is 0 Å². The second-order valence-corrected chi connectivity index (χ2v) is 8.61. The zero-order chi connectivity index (χ0) is 21.3. The molecule has 0 saturated heterocycles. The number of nitrogens with one attached hydrogen (secondary N) is 1. The highest BCUT2D eigenvalue weighted by atomic mass is 35.5. The summed E-state index contributed by atoms with van der Waals surface area (Å²) < 4.78 is 3.71. The van der Waals surface area contributed by atoms with Gasteiger partial charge in [-0.25, -0.2) is 9.78 Å². The maximum Gasteiger partial charge on any atom is 0.330 e. The summed E-state index contributed by atoms with van der Waals surface area (Å²) in [5, 5.41) is 2.04. The molecule has 6 rings (SSSR count). The fraction of sp³-hybridized carbons (Fsp3) is 0.273. The molecule has 0 radical (unpaired) electrons. The van der Waals surface area contributed by atoms with E-state index in [-0.39, 0.29) is 17.3 Å². The number of nitrogens with zero attached hydrogens (tertiary/aromatic N) is 4. The summed E-state index contributed by atoms with van der Waals surface area (Å²) in [6.45, 7) is 1.66. The molecule has 1 fully saturated rings. The van der Waals surface area contributed by atoms with Crippen LogP contribution in [-0.4, -0.2) is 36.5 Å². The third-order valence-electron chi connectivity index (χ3n) is 6.12. The van der Waals surface area contributed by atoms with Crippen LogP contribution in [0.3, 0.4) is 0 Å². The van der Waals surface area contributed by atoms with Crippen molar-refractivity contribution in [2.75, 3.05) is 6.54 Å². The summed E-state index contributed by atoms with van der Waals surface area (Å²) in [5.74, 6) is -0.187. The SMILES string of the molecule is O=C(c1cnc2c(c1)c(=O)[nH]c(=O)n2C1CC1)N1CCn2c(cc3ccc(Cl)cc32)C1. The number of carbonyl (C=O) groups excluding carboxylic acids is 1. The molecule has 0 spiro atoms. The molecule has 9 heteroatoms. The molecule has 4 aromatic rings. The lowest BCUT2D eigenvalue weighted by atomic mass is 10.2. The second kappa shape index (κ2) is 6.55. The quantitative estimate of drug-likeness (QED) is 0.524. The zero-order valence-corrected chi connectivity index (χ0v) is 17.2. The monoisotopic (exact) mass is 435 g/mol. The van der Waals surface area contributed by atoms with Gasteiger partial charge in [0.25, 0.3) is 11.5 Å². The van der Waals surface area contributed by atoms with Gasteiger partial charge in [-0.3, -0.25) is 19.1 Å². The van der Waals surface area contributed by atoms with Crippen LogP contribution in [0.4, 0.5) is 0 Å². The van der Waals surface area contributed by atoms with Crippen molar-refractivity contribution in [1.82, 2.24) is 24.0 Å². The topological polar surface area (TPSA) is 93.0 Å². The lowest BCUT2D eigenvalue weighted by molar-refractivity contribution is 0.0712. The molecular weight excluding hydrogens is 418 g/mol. The maximum absolute atomic E-state index is 13.2. The molecule has 4 heterocycles. The largest absolute Gasteiger partial charge is 0.341 e. The molecule has 0 bridgehead atoms. The number of aromatic nitrogens is 4. The Kier molecular flexibility index (Phi) is 3.89. The summed E-state index contributed by atoms with van der Waals surface area (Å²) in [6.07, 6.45) is 3.24. The molecule has 31 heavy (non-hydrogen) atoms. The number of hydrogen-bond acceptors (Lipinski definition) is 4. The number of aromatic amines is 1. The fourth-order valence-electron chi connectivity index (χ4n) is 4.46. The second-order valence-electron chi connectivity index (χ2n) is 8.17. The number of fused-ring (bicyclic) bond motifs is 4. The van der Waals surface area contributed by atoms with Crippen LogP contribution in [0.15, 0.2) is 46.1 Å². The summed E-state index contributed by atoms with van der Waals surface area (Å²) >= 11 is 6.15. The lowest BCUT2D eigenvalue weighted by Crippen LogP contribution is -2.38. The first-order chi connectivity index (χ1) is 15.0. The minimum atomic E-state index is -0.519. The standard InChI is InChI=1S/C22H18ClN5O3/c23-14-2-1-12-7-16-11-26(5-6-27(16)18(12)9-14)21(30)13-8-17-19(24-10-13)28(15-3-4-15)22(31)25-20(17)29/h1-2,7-10,15H,3-6,11H2,(H,25,29,31). The molecule has 1 saturated carbocycles. The van der Waals surface area contributed by atoms with Crippen molar-refractivity contribution in [3.05, 3.63) is 73.6 Å². The number of hydrogen-bond donors (Lipinski definition) is 1. The van der Waals surface area contributed by atoms with Gasteiger partial charge in [0, 0.05) is 46.9 Å². The summed E-state index contributed by atoms with van der Waals surface area (Å²) in [5.41, 5.74) is 1.80. The molecule has 156 valence electrons. The van der Waals surface area contributed by atoms with Crippen molar-refractivity contribution in [3.63, 3.8) is 0 Å². The molecule has 8 nitrogen and oxygen atoms in total. The number of carbonyl (C=O) groups is 1. The maximum atomic E-state index is 13.2. The minimum Gasteiger partial charge on any atom is -0.341 e. The van der Waals surface area contributed by atoms with Gasteiger partial charge in [0.15, 0.2) is 0 Å². The van der Waals surface area contributed by atoms with Gasteiger partial charge in [0.2, 0.25) is 0 Å². The van der Waals surface area contributed by atoms with Crippen LogP contribution in [-0.2, 0) is 13.1 Å². The molecule has 2 aliphatic rings. The van der Waals surface area contributed by atoms with Crippen LogP contribution in [0, 0.1) is 0 Å². The normalized spacial score (nSPS) is 16.1. The van der Waals surface area contributed by atoms with Gasteiger partial charge in [-0.05, 0) is 37.1 Å². The van der Waals surface area contributed by atoms with Crippen molar-refractivity contribution < 1.29 is 4.79 Å². The van der Waals surface area contributed by atoms with Crippen LogP contribution in [0.1, 0.15) is 34.9 Å². The third-order valence-corrected chi connectivity index (χ3v) is 6.36. The van der Waals surface area contributed by atoms with E-state index in [1.54, 1.807) is 11.0 Å². The van der Waals surface area contributed by atoms with E-state index < -0.39 is 11.2 Å². The van der Waals surface area contributed by atoms with E-state index in [9.17, 15) is 14.4 Å². The minimum absolute atomic E-state index is 0.0680. The highest BCUT2D eigenvalue weighted by Crippen LogP contribution is 2.34. The summed E-state index contributed by atoms with van der Waals surface area (Å²) in [4.78, 5) is 46.2. The Hall–Kier alpha value is -3.39. The van der Waals surface area contributed by atoms with Gasteiger partial charge >= 0.3 is 5.69 Å². The number of pyridine rings is 1. The van der Waals surface area contributed by atoms with E-state index in [4.69, 9.17) is 11.6 Å². The Bertz CT molecular complexity index is 1510. The van der Waals surface area contributed by atoms with Gasteiger partial charge in [0.05, 0.1) is 17.5 Å². The average Bonchev–Trinajstić information content (AvgIpc) is 3.53. The van der Waals surface area contributed by atoms with E-state index in [0.717, 1.165) is 29.4 Å². The van der Waals surface area contributed by atoms with Crippen molar-refractivity contribution in [2.24, 2.45) is 0 Å². The van der Waals surface area contributed by atoms with Crippen LogP contribution in [0.25, 0.3) is 21.9 Å². The number of benzene rings is 1. The predicted molar refractivity (Wildman–Crippen MR) is 117 cm³/mol. The molecule has 1 N–H and O–H groups in total. The highest BCUT2D eigenvalue weighted by Gasteiger charge is 2.29. The molecule has 1 aliphatic heterocycles. The van der Waals surface area contributed by atoms with Gasteiger partial charge in [0.1, 0.15) is 5.65 Å². The molecule has 0 atom stereocenters. The first kappa shape index (κ1) is 18.4. The molecule has 1 amide bonds. The Morgan fingerprint density at radius 3 is 2.77 bits per heavy atom. The average molecular weight is 436 g/mol. The fourth-order valence-corrected chi connectivity index (χ4v) is 4.62. The first-order valence-electron chi connectivity index (χ1n) is 10.2. The van der Waals surface area contributed by atoms with Gasteiger partial charge < -0.3 is 9.47 Å². The molecule has 1 aliphatic carbocycles. The van der Waals surface area contributed by atoms with E-state index in [2.05, 4.69) is 20.6 Å². The Morgan fingerprint density at radius 1 is 1.13 bits per heavy atom. The number of halogens is 1. The summed E-state index contributed by atoms with van der Waals surface area (Å²) in [7, 11) is 0. The highest BCUT2D eigenvalue weighted by molar-refractivity contribution is 6.31. The van der Waals surface area contributed by atoms with Crippen LogP contribution < -0.4 is 11.2 Å². The van der Waals surface area contributed by atoms with Crippen molar-refractivity contribution >= 4 is 39.4 Å². The summed E-state index contributed by atoms with van der Waals surface area (Å²) in [6, 6.07) is 9.47. The van der Waals surface area contributed by atoms with Gasteiger partial charge in [-0.2, -0.15) is 0 Å². The van der Waals surface area contributed by atoms with E-state index >= 15 is 0 Å². The van der Waals surface area contributed by atoms with E-state index in [0.29, 0.717) is 35.9 Å². The predicted octanol–water partition coefficient (Wildman–Crippen LogP) is 2.68. The Morgan fingerprint density at radius 2 is 1.97 bits per heavy atom. The van der Waals surface area contributed by atoms with Crippen molar-refractivity contribution in [2.45, 2.75) is 32.0 Å². The van der Waals surface area contributed by atoms with E-state index in [1.165, 1.54) is 10.8 Å². The number of H-pyrrole nitrogens is 1. The lowest BCUT2D eigenvalue weighted by Gasteiger charge is -2.29. The number of amides is 1. The van der Waals surface area contributed by atoms with E-state index in [1.807, 2.05) is 18.2 Å². The van der Waals surface area contributed by atoms with Gasteiger partial charge in [-0.15, -0.1) is 0 Å². The number of rotatable bonds is 2. The van der Waals surface area contributed by atoms with Crippen LogP contribution in [0.2, 0.25) is 5.02 Å². The Labute approximate surface area is 180 Å². The third kappa shape index (κ3) is 2.90. The van der Waals surface area contributed by atoms with Crippen molar-refractivity contribution in [3.8, 4) is 0 Å². The van der Waals surface area contributed by atoms with Gasteiger partial charge in [-0.1, -0.05) is 17.7 Å². The first-order valence-corrected chi connectivity index (χ1v) is 10.6. The zero-order valence-electron chi connectivity index (χ0n) is 16.5. The Balaban J connectivity index is 1.36. The molecule has 1 aromatic carbocycles. The molecule has 3 aromatic heterocycles. The van der Waals surface area contributed by atoms with Crippen molar-refractivity contribution in [1.29, 1.82) is 0 Å². The molecule has 0 unspecified atom stereocenters. The van der Waals surface area contributed by atoms with Crippen LogP contribution >= 0.6 is 11.6 Å². The molecular formula is C22H18ClN5O3. The smallest absolute Gasteiger partial charge is 0.330 e.